The number of carboxylic acid groups (broad SMARTS) is 1. The topological polar surface area (TPSA) is 146 Å². The molecule has 1 aromatic rings. The fourth-order valence-electron chi connectivity index (χ4n) is 5.02. The number of carboxylic acids is 1. The Morgan fingerprint density at radius 1 is 0.773 bits per heavy atom. The highest BCUT2D eigenvalue weighted by Gasteiger charge is 2.51. The van der Waals surface area contributed by atoms with E-state index in [1.807, 2.05) is 30.3 Å². The number of alkyl carbamates (subject to hydrolysis) is 1. The Labute approximate surface area is 260 Å². The normalized spacial score (nSPS) is 19.1. The minimum Gasteiger partial charge on any atom is -0.481 e. The summed E-state index contributed by atoms with van der Waals surface area (Å²) in [5.74, 6) is 0.768. The number of nitrogens with one attached hydrogen (secondary N) is 2. The standard InChI is InChI=1S/C31H51N3O10/c35-30(36)6-10-38-14-18-42-20-21-43-19-17-41-13-9-34-24-27-22-28(27)29(34)23-32-7-11-39-15-16-40-12-8-33-31(37)44-25-26-4-2-1-3-5-26/h1-5,27-29,32H,6-25H2,(H,33,37)(H,35,36)/t27-,28?,29+/m0/s1. The summed E-state index contributed by atoms with van der Waals surface area (Å²) in [4.78, 5) is 24.6. The Morgan fingerprint density at radius 3 is 2.02 bits per heavy atom. The number of carbonyl (C=O) groups is 2. The highest BCUT2D eigenvalue weighted by Crippen LogP contribution is 2.49. The fourth-order valence-corrected chi connectivity index (χ4v) is 5.02. The molecule has 1 amide bonds. The number of fused-ring (bicyclic) bond motifs is 1. The van der Waals surface area contributed by atoms with Crippen LogP contribution in [0.1, 0.15) is 18.4 Å². The van der Waals surface area contributed by atoms with Crippen molar-refractivity contribution >= 4 is 12.1 Å². The van der Waals surface area contributed by atoms with Gasteiger partial charge in [0.1, 0.15) is 6.61 Å². The molecular weight excluding hydrogens is 574 g/mol. The highest BCUT2D eigenvalue weighted by atomic mass is 16.6. The van der Waals surface area contributed by atoms with Crippen molar-refractivity contribution in [1.29, 1.82) is 0 Å². The first kappa shape index (κ1) is 36.1. The third-order valence-corrected chi connectivity index (χ3v) is 7.39. The van der Waals surface area contributed by atoms with E-state index in [1.54, 1.807) is 0 Å². The molecule has 44 heavy (non-hydrogen) atoms. The van der Waals surface area contributed by atoms with Crippen molar-refractivity contribution in [2.45, 2.75) is 25.5 Å². The van der Waals surface area contributed by atoms with Gasteiger partial charge in [0.15, 0.2) is 0 Å². The Hall–Kier alpha value is -2.36. The van der Waals surface area contributed by atoms with Crippen molar-refractivity contribution in [2.75, 3.05) is 112 Å². The van der Waals surface area contributed by atoms with Crippen LogP contribution in [0.25, 0.3) is 0 Å². The first-order chi connectivity index (χ1) is 21.6. The lowest BCUT2D eigenvalue weighted by Gasteiger charge is -2.27. The van der Waals surface area contributed by atoms with Crippen LogP contribution in [-0.4, -0.2) is 140 Å². The molecule has 0 spiro atoms. The van der Waals surface area contributed by atoms with Gasteiger partial charge in [0, 0.05) is 38.8 Å². The van der Waals surface area contributed by atoms with Gasteiger partial charge in [-0.2, -0.15) is 0 Å². The minimum absolute atomic E-state index is 0.00635. The van der Waals surface area contributed by atoms with E-state index < -0.39 is 12.1 Å². The van der Waals surface area contributed by atoms with Gasteiger partial charge in [0.05, 0.1) is 85.7 Å². The number of hydrogen-bond acceptors (Lipinski definition) is 11. The van der Waals surface area contributed by atoms with Crippen molar-refractivity contribution in [2.24, 2.45) is 11.8 Å². The zero-order chi connectivity index (χ0) is 31.1. The molecule has 2 fully saturated rings. The predicted molar refractivity (Wildman–Crippen MR) is 162 cm³/mol. The molecule has 2 aliphatic rings. The summed E-state index contributed by atoms with van der Waals surface area (Å²) >= 11 is 0. The van der Waals surface area contributed by atoms with E-state index in [0.29, 0.717) is 85.3 Å². The van der Waals surface area contributed by atoms with Crippen LogP contribution in [0.5, 0.6) is 0 Å². The molecule has 3 atom stereocenters. The molecule has 13 heteroatoms. The highest BCUT2D eigenvalue weighted by molar-refractivity contribution is 5.67. The second-order valence-electron chi connectivity index (χ2n) is 10.7. The van der Waals surface area contributed by atoms with Crippen LogP contribution in [0.2, 0.25) is 0 Å². The average molecular weight is 626 g/mol. The maximum atomic E-state index is 11.7. The van der Waals surface area contributed by atoms with Crippen LogP contribution in [0.3, 0.4) is 0 Å². The van der Waals surface area contributed by atoms with E-state index in [2.05, 4.69) is 15.5 Å². The van der Waals surface area contributed by atoms with Gasteiger partial charge >= 0.3 is 12.1 Å². The van der Waals surface area contributed by atoms with Gasteiger partial charge in [-0.3, -0.25) is 9.69 Å². The van der Waals surface area contributed by atoms with Gasteiger partial charge in [0.25, 0.3) is 0 Å². The number of nitrogens with zero attached hydrogens (tertiary/aromatic N) is 1. The zero-order valence-electron chi connectivity index (χ0n) is 25.8. The first-order valence-corrected chi connectivity index (χ1v) is 15.7. The number of amides is 1. The van der Waals surface area contributed by atoms with Crippen molar-refractivity contribution < 1.29 is 47.9 Å². The smallest absolute Gasteiger partial charge is 0.407 e. The number of likely N-dealkylation sites (tertiary alicyclic amines) is 1. The molecule has 1 aliphatic heterocycles. The van der Waals surface area contributed by atoms with Crippen LogP contribution in [0.15, 0.2) is 30.3 Å². The molecule has 1 heterocycles. The quantitative estimate of drug-likeness (QED) is 0.116. The molecule has 250 valence electrons. The summed E-state index contributed by atoms with van der Waals surface area (Å²) in [5.41, 5.74) is 0.948. The van der Waals surface area contributed by atoms with Gasteiger partial charge in [-0.1, -0.05) is 30.3 Å². The lowest BCUT2D eigenvalue weighted by molar-refractivity contribution is -0.138. The largest absolute Gasteiger partial charge is 0.481 e. The summed E-state index contributed by atoms with van der Waals surface area (Å²) in [6.45, 7) is 10.2. The third-order valence-electron chi connectivity index (χ3n) is 7.39. The van der Waals surface area contributed by atoms with E-state index in [9.17, 15) is 9.59 Å². The van der Waals surface area contributed by atoms with Crippen LogP contribution in [-0.2, 0) is 44.6 Å². The number of ether oxygens (including phenoxy) is 7. The molecule has 0 bridgehead atoms. The van der Waals surface area contributed by atoms with E-state index in [0.717, 1.165) is 43.6 Å². The molecule has 13 nitrogen and oxygen atoms in total. The summed E-state index contributed by atoms with van der Waals surface area (Å²) in [5, 5.41) is 14.7. The van der Waals surface area contributed by atoms with Gasteiger partial charge in [-0.05, 0) is 23.8 Å². The lowest BCUT2D eigenvalue weighted by Crippen LogP contribution is -2.43. The summed E-state index contributed by atoms with van der Waals surface area (Å²) in [7, 11) is 0. The van der Waals surface area contributed by atoms with Gasteiger partial charge in [0.2, 0.25) is 0 Å². The second kappa shape index (κ2) is 23.0. The van der Waals surface area contributed by atoms with Gasteiger partial charge in [-0.15, -0.1) is 0 Å². The van der Waals surface area contributed by atoms with Crippen LogP contribution >= 0.6 is 0 Å². The van der Waals surface area contributed by atoms with Crippen LogP contribution < -0.4 is 10.6 Å². The van der Waals surface area contributed by atoms with E-state index in [-0.39, 0.29) is 19.6 Å². The lowest BCUT2D eigenvalue weighted by atomic mass is 10.2. The minimum atomic E-state index is -0.865. The van der Waals surface area contributed by atoms with E-state index in [4.69, 9.17) is 38.3 Å². The molecular formula is C31H51N3O10. The zero-order valence-corrected chi connectivity index (χ0v) is 25.8. The molecule has 1 saturated heterocycles. The molecule has 1 unspecified atom stereocenters. The summed E-state index contributed by atoms with van der Waals surface area (Å²) in [6, 6.07) is 10.1. The molecule has 0 radical (unpaired) electrons. The van der Waals surface area contributed by atoms with Crippen LogP contribution in [0, 0.1) is 11.8 Å². The molecule has 3 rings (SSSR count). The van der Waals surface area contributed by atoms with Crippen molar-refractivity contribution in [3.05, 3.63) is 35.9 Å². The van der Waals surface area contributed by atoms with Crippen molar-refractivity contribution in [3.63, 3.8) is 0 Å². The molecule has 3 N–H and O–H groups in total. The molecule has 0 aromatic heterocycles. The number of hydrogen-bond donors (Lipinski definition) is 3. The third kappa shape index (κ3) is 16.6. The molecule has 1 aliphatic carbocycles. The molecule has 1 aromatic carbocycles. The number of aliphatic carboxylic acids is 1. The summed E-state index contributed by atoms with van der Waals surface area (Å²) < 4.78 is 38.2. The first-order valence-electron chi connectivity index (χ1n) is 15.7. The fraction of sp³-hybridized carbons (Fsp3) is 0.742. The van der Waals surface area contributed by atoms with Gasteiger partial charge in [-0.25, -0.2) is 4.79 Å². The Morgan fingerprint density at radius 2 is 1.36 bits per heavy atom. The predicted octanol–water partition coefficient (Wildman–Crippen LogP) is 1.40. The maximum Gasteiger partial charge on any atom is 0.407 e. The van der Waals surface area contributed by atoms with Crippen molar-refractivity contribution in [1.82, 2.24) is 15.5 Å². The number of rotatable bonds is 28. The van der Waals surface area contributed by atoms with Gasteiger partial charge < -0.3 is 48.9 Å². The van der Waals surface area contributed by atoms with Crippen LogP contribution in [0.4, 0.5) is 4.79 Å². The summed E-state index contributed by atoms with van der Waals surface area (Å²) in [6.07, 6.45) is 0.889. The number of carbonyl (C=O) groups excluding carboxylic acids is 1. The number of benzene rings is 1. The molecule has 1 saturated carbocycles. The average Bonchev–Trinajstić information content (AvgIpc) is 3.71. The monoisotopic (exact) mass is 625 g/mol. The Kier molecular flexibility index (Phi) is 18.9. The van der Waals surface area contributed by atoms with Crippen molar-refractivity contribution in [3.8, 4) is 0 Å². The number of piperidine rings is 1. The SMILES string of the molecule is O=C(O)CCOCCOCCOCCOCCN1C[C@@H]2CC2[C@H]1CNCCOCCOCCNC(=O)OCc1ccccc1. The van der Waals surface area contributed by atoms with E-state index in [1.165, 1.54) is 6.42 Å². The van der Waals surface area contributed by atoms with E-state index >= 15 is 0 Å². The maximum absolute atomic E-state index is 11.7. The Bertz CT molecular complexity index is 897. The Balaban J connectivity index is 1.05. The second-order valence-corrected chi connectivity index (χ2v) is 10.7.